The quantitative estimate of drug-likeness (QED) is 0.835. The first-order valence-electron chi connectivity index (χ1n) is 5.95. The molecule has 1 aromatic heterocycles. The second-order valence-electron chi connectivity index (χ2n) is 4.25. The van der Waals surface area contributed by atoms with E-state index < -0.39 is 0 Å². The van der Waals surface area contributed by atoms with Crippen molar-refractivity contribution in [1.82, 2.24) is 9.97 Å². The lowest BCUT2D eigenvalue weighted by Crippen LogP contribution is -2.42. The molecule has 18 heavy (non-hydrogen) atoms. The summed E-state index contributed by atoms with van der Waals surface area (Å²) in [5.74, 6) is 2.44. The topological polar surface area (TPSA) is 74.1 Å². The molecule has 1 aliphatic heterocycles. The molecule has 1 aromatic rings. The molecule has 0 aliphatic carbocycles. The molecular weight excluding hydrogens is 230 g/mol. The van der Waals surface area contributed by atoms with Crippen molar-refractivity contribution in [2.24, 2.45) is 0 Å². The highest BCUT2D eigenvalue weighted by Gasteiger charge is 2.23. The molecule has 1 aliphatic rings. The summed E-state index contributed by atoms with van der Waals surface area (Å²) in [6.07, 6.45) is -0.383. The van der Waals surface area contributed by atoms with Crippen LogP contribution in [0.25, 0.3) is 0 Å². The zero-order valence-electron chi connectivity index (χ0n) is 10.9. The van der Waals surface area contributed by atoms with E-state index >= 15 is 0 Å². The summed E-state index contributed by atoms with van der Waals surface area (Å²) in [7, 11) is 1.84. The molecule has 6 nitrogen and oxygen atoms in total. The van der Waals surface area contributed by atoms with Crippen LogP contribution >= 0.6 is 0 Å². The van der Waals surface area contributed by atoms with Crippen LogP contribution in [0.5, 0.6) is 0 Å². The maximum absolute atomic E-state index is 8.93. The number of hydrogen-bond donors (Lipinski definition) is 1. The van der Waals surface area contributed by atoms with Crippen LogP contribution in [-0.4, -0.2) is 42.8 Å². The average Bonchev–Trinajstić information content (AvgIpc) is 2.41. The molecule has 96 valence electrons. The lowest BCUT2D eigenvalue weighted by Gasteiger charge is -2.32. The second kappa shape index (κ2) is 5.19. The normalized spacial score (nSPS) is 19.4. The number of morpholine rings is 1. The number of nitriles is 1. The first-order valence-corrected chi connectivity index (χ1v) is 5.95. The standard InChI is InChI=1S/C12H17N5O/c1-8-11(14-3)15-9(2)16-12(8)17-4-5-18-10(6-13)7-17/h10H,4-5,7H2,1-3H3,(H,14,15,16). The molecule has 0 saturated carbocycles. The molecule has 1 fully saturated rings. The Morgan fingerprint density at radius 3 is 2.89 bits per heavy atom. The van der Waals surface area contributed by atoms with Gasteiger partial charge in [-0.3, -0.25) is 0 Å². The van der Waals surface area contributed by atoms with Gasteiger partial charge in [-0.25, -0.2) is 9.97 Å². The summed E-state index contributed by atoms with van der Waals surface area (Å²) < 4.78 is 5.34. The fraction of sp³-hybridized carbons (Fsp3) is 0.583. The van der Waals surface area contributed by atoms with Gasteiger partial charge in [0.05, 0.1) is 19.2 Å². The Hall–Kier alpha value is -1.87. The van der Waals surface area contributed by atoms with E-state index in [-0.39, 0.29) is 6.10 Å². The van der Waals surface area contributed by atoms with Gasteiger partial charge in [-0.2, -0.15) is 5.26 Å². The van der Waals surface area contributed by atoms with Crippen LogP contribution in [0.1, 0.15) is 11.4 Å². The molecule has 0 radical (unpaired) electrons. The van der Waals surface area contributed by atoms with Crippen molar-refractivity contribution >= 4 is 11.6 Å². The van der Waals surface area contributed by atoms with Crippen LogP contribution in [0, 0.1) is 25.2 Å². The van der Waals surface area contributed by atoms with Crippen molar-refractivity contribution in [3.8, 4) is 6.07 Å². The minimum absolute atomic E-state index is 0.383. The van der Waals surface area contributed by atoms with Crippen LogP contribution in [0.3, 0.4) is 0 Å². The van der Waals surface area contributed by atoms with E-state index in [1.165, 1.54) is 0 Å². The summed E-state index contributed by atoms with van der Waals surface area (Å²) in [4.78, 5) is 10.9. The third kappa shape index (κ3) is 2.36. The fourth-order valence-corrected chi connectivity index (χ4v) is 2.08. The second-order valence-corrected chi connectivity index (χ2v) is 4.25. The van der Waals surface area contributed by atoms with E-state index in [4.69, 9.17) is 10.00 Å². The third-order valence-corrected chi connectivity index (χ3v) is 2.98. The Morgan fingerprint density at radius 2 is 2.22 bits per heavy atom. The average molecular weight is 247 g/mol. The Labute approximate surface area is 107 Å². The van der Waals surface area contributed by atoms with Crippen molar-refractivity contribution in [2.45, 2.75) is 20.0 Å². The van der Waals surface area contributed by atoms with E-state index in [0.717, 1.165) is 29.6 Å². The Kier molecular flexibility index (Phi) is 3.63. The first kappa shape index (κ1) is 12.6. The maximum Gasteiger partial charge on any atom is 0.161 e. The molecule has 1 saturated heterocycles. The molecule has 0 spiro atoms. The summed E-state index contributed by atoms with van der Waals surface area (Å²) >= 11 is 0. The number of nitrogens with zero attached hydrogens (tertiary/aromatic N) is 4. The Bertz CT molecular complexity index is 482. The van der Waals surface area contributed by atoms with E-state index in [1.54, 1.807) is 0 Å². The number of aryl methyl sites for hydroxylation is 1. The molecule has 2 heterocycles. The number of aromatic nitrogens is 2. The summed E-state index contributed by atoms with van der Waals surface area (Å²) in [5, 5.41) is 12.0. The van der Waals surface area contributed by atoms with Crippen LogP contribution in [0.2, 0.25) is 0 Å². The molecule has 6 heteroatoms. The predicted molar refractivity (Wildman–Crippen MR) is 68.6 cm³/mol. The lowest BCUT2D eigenvalue weighted by molar-refractivity contribution is 0.0761. The van der Waals surface area contributed by atoms with Crippen molar-refractivity contribution < 1.29 is 4.74 Å². The van der Waals surface area contributed by atoms with Gasteiger partial charge in [0, 0.05) is 19.2 Å². The zero-order chi connectivity index (χ0) is 13.1. The lowest BCUT2D eigenvalue weighted by atomic mass is 10.2. The number of nitrogens with one attached hydrogen (secondary N) is 1. The molecule has 0 amide bonds. The number of ether oxygens (including phenoxy) is 1. The minimum Gasteiger partial charge on any atom is -0.373 e. The molecule has 0 bridgehead atoms. The summed E-state index contributed by atoms with van der Waals surface area (Å²) in [6, 6.07) is 2.14. The zero-order valence-corrected chi connectivity index (χ0v) is 10.9. The number of rotatable bonds is 2. The van der Waals surface area contributed by atoms with E-state index in [9.17, 15) is 0 Å². The van der Waals surface area contributed by atoms with Gasteiger partial charge in [-0.1, -0.05) is 0 Å². The van der Waals surface area contributed by atoms with Gasteiger partial charge in [0.25, 0.3) is 0 Å². The predicted octanol–water partition coefficient (Wildman–Crippen LogP) is 0.864. The Balaban J connectivity index is 2.33. The fourth-order valence-electron chi connectivity index (χ4n) is 2.08. The molecular formula is C12H17N5O. The van der Waals surface area contributed by atoms with Crippen LogP contribution in [-0.2, 0) is 4.74 Å². The summed E-state index contributed by atoms with van der Waals surface area (Å²) in [5.41, 5.74) is 1.00. The largest absolute Gasteiger partial charge is 0.373 e. The molecule has 1 atom stereocenters. The first-order chi connectivity index (χ1) is 8.65. The van der Waals surface area contributed by atoms with Gasteiger partial charge in [0.1, 0.15) is 17.5 Å². The van der Waals surface area contributed by atoms with E-state index in [0.29, 0.717) is 13.2 Å². The van der Waals surface area contributed by atoms with Crippen LogP contribution in [0.15, 0.2) is 0 Å². The summed E-state index contributed by atoms with van der Waals surface area (Å²) in [6.45, 7) is 5.70. The molecule has 1 unspecified atom stereocenters. The van der Waals surface area contributed by atoms with Crippen LogP contribution < -0.4 is 10.2 Å². The Morgan fingerprint density at radius 1 is 1.44 bits per heavy atom. The molecule has 2 rings (SSSR count). The van der Waals surface area contributed by atoms with E-state index in [2.05, 4.69) is 26.3 Å². The van der Waals surface area contributed by atoms with Gasteiger partial charge in [-0.15, -0.1) is 0 Å². The highest BCUT2D eigenvalue weighted by atomic mass is 16.5. The SMILES string of the molecule is CNc1nc(C)nc(N2CCOC(C#N)C2)c1C. The van der Waals surface area contributed by atoms with Crippen molar-refractivity contribution in [3.63, 3.8) is 0 Å². The van der Waals surface area contributed by atoms with Gasteiger partial charge in [0.2, 0.25) is 0 Å². The third-order valence-electron chi connectivity index (χ3n) is 2.98. The minimum atomic E-state index is -0.383. The van der Waals surface area contributed by atoms with Gasteiger partial charge < -0.3 is 15.0 Å². The maximum atomic E-state index is 8.93. The van der Waals surface area contributed by atoms with Crippen molar-refractivity contribution in [3.05, 3.63) is 11.4 Å². The monoisotopic (exact) mass is 247 g/mol. The van der Waals surface area contributed by atoms with Gasteiger partial charge in [0.15, 0.2) is 6.10 Å². The van der Waals surface area contributed by atoms with Gasteiger partial charge >= 0.3 is 0 Å². The van der Waals surface area contributed by atoms with Crippen molar-refractivity contribution in [1.29, 1.82) is 5.26 Å². The number of hydrogen-bond acceptors (Lipinski definition) is 6. The molecule has 1 N–H and O–H groups in total. The molecule has 0 aromatic carbocycles. The van der Waals surface area contributed by atoms with Gasteiger partial charge in [-0.05, 0) is 13.8 Å². The number of anilines is 2. The smallest absolute Gasteiger partial charge is 0.161 e. The highest BCUT2D eigenvalue weighted by molar-refractivity contribution is 5.58. The van der Waals surface area contributed by atoms with Crippen LogP contribution in [0.4, 0.5) is 11.6 Å². The van der Waals surface area contributed by atoms with E-state index in [1.807, 2.05) is 20.9 Å². The highest BCUT2D eigenvalue weighted by Crippen LogP contribution is 2.24. The van der Waals surface area contributed by atoms with Crippen molar-refractivity contribution in [2.75, 3.05) is 37.0 Å².